The Bertz CT molecular complexity index is 840. The highest BCUT2D eigenvalue weighted by molar-refractivity contribution is 8.16. The van der Waals surface area contributed by atoms with Crippen molar-refractivity contribution in [2.24, 2.45) is 10.9 Å². The van der Waals surface area contributed by atoms with E-state index in [1.54, 1.807) is 23.1 Å². The number of hydrogen-bond donors (Lipinski definition) is 0. The number of rotatable bonds is 3. The molecule has 1 aromatic rings. The molecule has 2 saturated heterocycles. The molecule has 0 N–H and O–H groups in total. The molecule has 2 atom stereocenters. The van der Waals surface area contributed by atoms with Crippen LogP contribution < -0.4 is 4.90 Å². The minimum absolute atomic E-state index is 0.0187. The van der Waals surface area contributed by atoms with Crippen molar-refractivity contribution in [3.63, 3.8) is 0 Å². The summed E-state index contributed by atoms with van der Waals surface area (Å²) >= 11 is 13.8. The number of nitrogens with zero attached hydrogens (tertiary/aromatic N) is 2. The number of amidine groups is 1. The molecule has 3 rings (SSSR count). The molecule has 0 spiro atoms. The van der Waals surface area contributed by atoms with E-state index in [2.05, 4.69) is 4.99 Å². The fourth-order valence-corrected chi connectivity index (χ4v) is 7.32. The van der Waals surface area contributed by atoms with Gasteiger partial charge in [0.1, 0.15) is 0 Å². The van der Waals surface area contributed by atoms with Crippen molar-refractivity contribution < 1.29 is 13.2 Å². The third-order valence-corrected chi connectivity index (χ3v) is 7.80. The van der Waals surface area contributed by atoms with E-state index in [9.17, 15) is 13.2 Å². The Labute approximate surface area is 161 Å². The lowest BCUT2D eigenvalue weighted by molar-refractivity contribution is -0.118. The van der Waals surface area contributed by atoms with Gasteiger partial charge in [-0.3, -0.25) is 4.79 Å². The predicted molar refractivity (Wildman–Crippen MR) is 105 cm³/mol. The molecule has 0 bridgehead atoms. The molecule has 1 aromatic carbocycles. The number of fused-ring (bicyclic) bond motifs is 1. The first-order chi connectivity index (χ1) is 11.7. The molecular formula is C16H18Cl2N2O3S2. The smallest absolute Gasteiger partial charge is 0.248 e. The van der Waals surface area contributed by atoms with E-state index in [4.69, 9.17) is 23.2 Å². The first-order valence-electron chi connectivity index (χ1n) is 7.89. The normalized spacial score (nSPS) is 26.4. The SMILES string of the molecule is CC(C)CC(=O)N=C1S[C@@H]2CS(=O)(=O)C[C@@H]2N1c1cc(Cl)ccc1Cl. The molecule has 0 aliphatic carbocycles. The van der Waals surface area contributed by atoms with Gasteiger partial charge in [0.25, 0.3) is 0 Å². The Hall–Kier alpha value is -0.760. The van der Waals surface area contributed by atoms with Crippen LogP contribution in [-0.4, -0.2) is 42.3 Å². The third kappa shape index (κ3) is 4.15. The zero-order chi connectivity index (χ0) is 18.4. The molecule has 136 valence electrons. The number of carbonyl (C=O) groups is 1. The van der Waals surface area contributed by atoms with Gasteiger partial charge in [0.2, 0.25) is 5.91 Å². The molecular weight excluding hydrogens is 403 g/mol. The van der Waals surface area contributed by atoms with Crippen LogP contribution in [0.5, 0.6) is 0 Å². The van der Waals surface area contributed by atoms with Gasteiger partial charge < -0.3 is 4.90 Å². The van der Waals surface area contributed by atoms with Crippen LogP contribution in [0.4, 0.5) is 5.69 Å². The summed E-state index contributed by atoms with van der Waals surface area (Å²) in [5.74, 6) is 0.0779. The van der Waals surface area contributed by atoms with Crippen molar-refractivity contribution in [2.45, 2.75) is 31.6 Å². The number of halogens is 2. The summed E-state index contributed by atoms with van der Waals surface area (Å²) in [5, 5.41) is 1.27. The fourth-order valence-electron chi connectivity index (χ4n) is 3.02. The van der Waals surface area contributed by atoms with Gasteiger partial charge in [-0.25, -0.2) is 8.42 Å². The molecule has 1 amide bonds. The third-order valence-electron chi connectivity index (χ3n) is 4.04. The quantitative estimate of drug-likeness (QED) is 0.746. The number of aliphatic imine (C=N–C) groups is 1. The lowest BCUT2D eigenvalue weighted by atomic mass is 10.1. The van der Waals surface area contributed by atoms with Gasteiger partial charge in [0.05, 0.1) is 28.3 Å². The molecule has 9 heteroatoms. The average Bonchev–Trinajstić information content (AvgIpc) is 2.92. The van der Waals surface area contributed by atoms with E-state index in [0.717, 1.165) is 0 Å². The Morgan fingerprint density at radius 1 is 1.36 bits per heavy atom. The summed E-state index contributed by atoms with van der Waals surface area (Å²) in [4.78, 5) is 18.2. The van der Waals surface area contributed by atoms with E-state index >= 15 is 0 Å². The minimum Gasteiger partial charge on any atom is -0.314 e. The lowest BCUT2D eigenvalue weighted by Crippen LogP contribution is -2.38. The fraction of sp³-hybridized carbons (Fsp3) is 0.500. The maximum absolute atomic E-state index is 12.2. The Morgan fingerprint density at radius 2 is 2.08 bits per heavy atom. The van der Waals surface area contributed by atoms with Crippen molar-refractivity contribution in [1.82, 2.24) is 0 Å². The van der Waals surface area contributed by atoms with Gasteiger partial charge in [0.15, 0.2) is 15.0 Å². The number of hydrogen-bond acceptors (Lipinski definition) is 4. The van der Waals surface area contributed by atoms with Crippen LogP contribution in [0, 0.1) is 5.92 Å². The summed E-state index contributed by atoms with van der Waals surface area (Å²) in [6, 6.07) is 4.71. The van der Waals surface area contributed by atoms with Crippen LogP contribution in [0.1, 0.15) is 20.3 Å². The van der Waals surface area contributed by atoms with E-state index < -0.39 is 9.84 Å². The first-order valence-corrected chi connectivity index (χ1v) is 11.3. The van der Waals surface area contributed by atoms with E-state index in [0.29, 0.717) is 27.3 Å². The molecule has 2 heterocycles. The molecule has 5 nitrogen and oxygen atoms in total. The Kier molecular flexibility index (Phi) is 5.40. The van der Waals surface area contributed by atoms with E-state index in [1.807, 2.05) is 13.8 Å². The number of benzene rings is 1. The van der Waals surface area contributed by atoms with Crippen LogP contribution >= 0.6 is 35.0 Å². The number of thioether (sulfide) groups is 1. The maximum atomic E-state index is 12.2. The van der Waals surface area contributed by atoms with Crippen LogP contribution in [0.2, 0.25) is 10.0 Å². The van der Waals surface area contributed by atoms with Gasteiger partial charge in [-0.1, -0.05) is 48.8 Å². The molecule has 0 radical (unpaired) electrons. The van der Waals surface area contributed by atoms with Gasteiger partial charge in [-0.2, -0.15) is 4.99 Å². The zero-order valence-electron chi connectivity index (χ0n) is 13.8. The highest BCUT2D eigenvalue weighted by Gasteiger charge is 2.49. The maximum Gasteiger partial charge on any atom is 0.248 e. The van der Waals surface area contributed by atoms with Gasteiger partial charge in [-0.15, -0.1) is 0 Å². The Morgan fingerprint density at radius 3 is 2.76 bits per heavy atom. The molecule has 2 aliphatic heterocycles. The molecule has 2 fully saturated rings. The van der Waals surface area contributed by atoms with Crippen molar-refractivity contribution in [1.29, 1.82) is 0 Å². The van der Waals surface area contributed by atoms with Gasteiger partial charge in [0, 0.05) is 16.7 Å². The second kappa shape index (κ2) is 7.10. The van der Waals surface area contributed by atoms with Crippen LogP contribution in [0.3, 0.4) is 0 Å². The standard InChI is InChI=1S/C16H18Cl2N2O3S2/c1-9(2)5-15(21)19-16-20(12-6-10(17)3-4-11(12)18)13-7-25(22,23)8-14(13)24-16/h3-4,6,9,13-14H,5,7-8H2,1-2H3/t13-,14+/m0/s1. The highest BCUT2D eigenvalue weighted by Crippen LogP contribution is 2.43. The second-order valence-electron chi connectivity index (χ2n) is 6.65. The summed E-state index contributed by atoms with van der Waals surface area (Å²) in [6.45, 7) is 3.90. The first kappa shape index (κ1) is 19.0. The van der Waals surface area contributed by atoms with Crippen LogP contribution in [0.15, 0.2) is 23.2 Å². The molecule has 25 heavy (non-hydrogen) atoms. The number of sulfone groups is 1. The Balaban J connectivity index is 2.02. The molecule has 0 aromatic heterocycles. The van der Waals surface area contributed by atoms with Gasteiger partial charge in [-0.05, 0) is 24.1 Å². The lowest BCUT2D eigenvalue weighted by Gasteiger charge is -2.25. The minimum atomic E-state index is -3.12. The largest absolute Gasteiger partial charge is 0.314 e. The molecule has 0 unspecified atom stereocenters. The average molecular weight is 421 g/mol. The van der Waals surface area contributed by atoms with E-state index in [1.165, 1.54) is 11.8 Å². The summed E-state index contributed by atoms with van der Waals surface area (Å²) < 4.78 is 24.1. The van der Waals surface area contributed by atoms with Crippen LogP contribution in [-0.2, 0) is 14.6 Å². The van der Waals surface area contributed by atoms with Crippen molar-refractivity contribution in [3.05, 3.63) is 28.2 Å². The monoisotopic (exact) mass is 420 g/mol. The number of anilines is 1. The molecule has 2 aliphatic rings. The number of carbonyl (C=O) groups excluding carboxylic acids is 1. The van der Waals surface area contributed by atoms with Gasteiger partial charge >= 0.3 is 0 Å². The highest BCUT2D eigenvalue weighted by atomic mass is 35.5. The second-order valence-corrected chi connectivity index (χ2v) is 10.9. The predicted octanol–water partition coefficient (Wildman–Crippen LogP) is 3.64. The van der Waals surface area contributed by atoms with Crippen molar-refractivity contribution in [3.8, 4) is 0 Å². The van der Waals surface area contributed by atoms with Crippen LogP contribution in [0.25, 0.3) is 0 Å². The molecule has 0 saturated carbocycles. The van der Waals surface area contributed by atoms with Crippen molar-refractivity contribution in [2.75, 3.05) is 16.4 Å². The summed E-state index contributed by atoms with van der Waals surface area (Å²) in [6.07, 6.45) is 0.342. The van der Waals surface area contributed by atoms with Crippen molar-refractivity contribution >= 4 is 61.6 Å². The van der Waals surface area contributed by atoms with E-state index in [-0.39, 0.29) is 34.6 Å². The topological polar surface area (TPSA) is 66.8 Å². The summed E-state index contributed by atoms with van der Waals surface area (Å²) in [7, 11) is -3.12. The zero-order valence-corrected chi connectivity index (χ0v) is 16.9. The summed E-state index contributed by atoms with van der Waals surface area (Å²) in [5.41, 5.74) is 0.586. The number of amides is 1.